The molecule has 4 rings (SSSR count). The molecule has 1 aliphatic rings. The van der Waals surface area contributed by atoms with Crippen LogP contribution >= 0.6 is 0 Å². The lowest BCUT2D eigenvalue weighted by Crippen LogP contribution is -2.32. The molecule has 0 aromatic carbocycles. The zero-order valence-electron chi connectivity index (χ0n) is 11.0. The molecule has 0 spiro atoms. The lowest BCUT2D eigenvalue weighted by molar-refractivity contribution is 0.0729. The van der Waals surface area contributed by atoms with E-state index in [2.05, 4.69) is 25.4 Å². The van der Waals surface area contributed by atoms with Crippen LogP contribution in [0.15, 0.2) is 24.7 Å². The number of fused-ring (bicyclic) bond motifs is 2. The number of rotatable bonds is 1. The second-order valence-corrected chi connectivity index (χ2v) is 4.79. The molecular weight excluding hydrogens is 272 g/mol. The third-order valence-electron chi connectivity index (χ3n) is 3.49. The number of pyridine rings is 1. The first-order valence-electron chi connectivity index (χ1n) is 6.55. The number of ether oxygens (including phenoxy) is 1. The average Bonchev–Trinajstić information content (AvgIpc) is 3.03. The second kappa shape index (κ2) is 4.58. The Bertz CT molecular complexity index is 808. The van der Waals surface area contributed by atoms with Gasteiger partial charge in [-0.05, 0) is 6.07 Å². The van der Waals surface area contributed by atoms with E-state index >= 15 is 0 Å². The number of nitrogens with zero attached hydrogens (tertiary/aromatic N) is 4. The molecule has 0 fully saturated rings. The van der Waals surface area contributed by atoms with Crippen molar-refractivity contribution in [2.24, 2.45) is 0 Å². The Morgan fingerprint density at radius 2 is 2.29 bits per heavy atom. The van der Waals surface area contributed by atoms with Gasteiger partial charge in [-0.3, -0.25) is 20.0 Å². The maximum Gasteiger partial charge on any atom is 0.277 e. The highest BCUT2D eigenvalue weighted by Gasteiger charge is 2.25. The van der Waals surface area contributed by atoms with E-state index in [1.54, 1.807) is 23.5 Å². The number of carbonyl (C=O) groups excluding carboxylic acids is 1. The lowest BCUT2D eigenvalue weighted by Gasteiger charge is -2.18. The van der Waals surface area contributed by atoms with Crippen LogP contribution in [0.1, 0.15) is 16.1 Å². The SMILES string of the molecule is O=C(c1n[nH]c2cn[nH]c12)N1CCOc2ccncc2C1. The largest absolute Gasteiger partial charge is 0.491 e. The predicted molar refractivity (Wildman–Crippen MR) is 72.7 cm³/mol. The van der Waals surface area contributed by atoms with Crippen LogP contribution in [0.2, 0.25) is 0 Å². The van der Waals surface area contributed by atoms with Crippen molar-refractivity contribution in [3.8, 4) is 5.75 Å². The second-order valence-electron chi connectivity index (χ2n) is 4.79. The van der Waals surface area contributed by atoms with Crippen LogP contribution in [0.25, 0.3) is 11.0 Å². The molecule has 0 radical (unpaired) electrons. The molecule has 1 amide bonds. The first-order chi connectivity index (χ1) is 10.3. The molecule has 1 aliphatic heterocycles. The zero-order valence-corrected chi connectivity index (χ0v) is 11.0. The van der Waals surface area contributed by atoms with E-state index in [0.717, 1.165) is 11.3 Å². The van der Waals surface area contributed by atoms with Crippen LogP contribution in [0, 0.1) is 0 Å². The van der Waals surface area contributed by atoms with Crippen LogP contribution in [-0.2, 0) is 6.54 Å². The molecule has 0 aliphatic carbocycles. The van der Waals surface area contributed by atoms with Crippen molar-refractivity contribution in [1.29, 1.82) is 0 Å². The first-order valence-corrected chi connectivity index (χ1v) is 6.55. The van der Waals surface area contributed by atoms with Crippen molar-refractivity contribution < 1.29 is 9.53 Å². The molecule has 0 unspecified atom stereocenters. The number of nitrogens with one attached hydrogen (secondary N) is 2. The normalized spacial score (nSPS) is 14.6. The highest BCUT2D eigenvalue weighted by Crippen LogP contribution is 2.23. The van der Waals surface area contributed by atoms with Gasteiger partial charge in [-0.1, -0.05) is 0 Å². The van der Waals surface area contributed by atoms with Crippen LogP contribution < -0.4 is 4.74 Å². The summed E-state index contributed by atoms with van der Waals surface area (Å²) in [6.07, 6.45) is 5.00. The minimum Gasteiger partial charge on any atom is -0.491 e. The average molecular weight is 284 g/mol. The van der Waals surface area contributed by atoms with E-state index in [-0.39, 0.29) is 5.91 Å². The van der Waals surface area contributed by atoms with Gasteiger partial charge in [0, 0.05) is 18.0 Å². The van der Waals surface area contributed by atoms with Gasteiger partial charge in [0.15, 0.2) is 5.69 Å². The van der Waals surface area contributed by atoms with E-state index in [1.807, 2.05) is 6.07 Å². The smallest absolute Gasteiger partial charge is 0.277 e. The Balaban J connectivity index is 1.67. The quantitative estimate of drug-likeness (QED) is 0.685. The van der Waals surface area contributed by atoms with Gasteiger partial charge in [0.05, 0.1) is 19.3 Å². The van der Waals surface area contributed by atoms with Gasteiger partial charge >= 0.3 is 0 Å². The topological polar surface area (TPSA) is 99.8 Å². The lowest BCUT2D eigenvalue weighted by atomic mass is 10.2. The number of carbonyl (C=O) groups is 1. The van der Waals surface area contributed by atoms with Crippen molar-refractivity contribution in [3.63, 3.8) is 0 Å². The van der Waals surface area contributed by atoms with Crippen molar-refractivity contribution in [3.05, 3.63) is 35.9 Å². The van der Waals surface area contributed by atoms with E-state index in [0.29, 0.717) is 36.4 Å². The summed E-state index contributed by atoms with van der Waals surface area (Å²) in [5.74, 6) is 0.611. The Labute approximate surface area is 119 Å². The number of aromatic nitrogens is 5. The minimum absolute atomic E-state index is 0.161. The van der Waals surface area contributed by atoms with Crippen LogP contribution in [0.3, 0.4) is 0 Å². The van der Waals surface area contributed by atoms with Crippen molar-refractivity contribution in [2.75, 3.05) is 13.2 Å². The van der Waals surface area contributed by atoms with Gasteiger partial charge in [-0.25, -0.2) is 0 Å². The maximum atomic E-state index is 12.7. The molecule has 8 nitrogen and oxygen atoms in total. The monoisotopic (exact) mass is 284 g/mol. The number of hydrogen-bond acceptors (Lipinski definition) is 5. The highest BCUT2D eigenvalue weighted by atomic mass is 16.5. The predicted octanol–water partition coefficient (Wildman–Crippen LogP) is 0.716. The van der Waals surface area contributed by atoms with Gasteiger partial charge < -0.3 is 9.64 Å². The molecule has 21 heavy (non-hydrogen) atoms. The van der Waals surface area contributed by atoms with Crippen molar-refractivity contribution in [1.82, 2.24) is 30.3 Å². The van der Waals surface area contributed by atoms with Gasteiger partial charge in [-0.2, -0.15) is 10.2 Å². The summed E-state index contributed by atoms with van der Waals surface area (Å²) < 4.78 is 5.64. The molecule has 3 aromatic heterocycles. The third kappa shape index (κ3) is 1.92. The summed E-state index contributed by atoms with van der Waals surface area (Å²) in [6, 6.07) is 1.81. The summed E-state index contributed by atoms with van der Waals surface area (Å²) in [4.78, 5) is 18.4. The number of H-pyrrole nitrogens is 2. The molecular formula is C13H12N6O2. The van der Waals surface area contributed by atoms with Crippen LogP contribution in [0.5, 0.6) is 5.75 Å². The van der Waals surface area contributed by atoms with Crippen LogP contribution in [-0.4, -0.2) is 49.3 Å². The Morgan fingerprint density at radius 3 is 3.24 bits per heavy atom. The summed E-state index contributed by atoms with van der Waals surface area (Å²) in [7, 11) is 0. The molecule has 0 bridgehead atoms. The zero-order chi connectivity index (χ0) is 14.2. The Morgan fingerprint density at radius 1 is 1.33 bits per heavy atom. The summed E-state index contributed by atoms with van der Waals surface area (Å²) in [5, 5.41) is 13.6. The van der Waals surface area contributed by atoms with Gasteiger partial charge in [0.1, 0.15) is 23.4 Å². The fraction of sp³-hybridized carbons (Fsp3) is 0.231. The number of hydrogen-bond donors (Lipinski definition) is 2. The fourth-order valence-corrected chi connectivity index (χ4v) is 2.43. The molecule has 0 saturated carbocycles. The number of amides is 1. The maximum absolute atomic E-state index is 12.7. The van der Waals surface area contributed by atoms with Crippen molar-refractivity contribution in [2.45, 2.75) is 6.54 Å². The molecule has 0 atom stereocenters. The van der Waals surface area contributed by atoms with Gasteiger partial charge in [0.2, 0.25) is 0 Å². The van der Waals surface area contributed by atoms with E-state index in [4.69, 9.17) is 4.74 Å². The third-order valence-corrected chi connectivity index (χ3v) is 3.49. The molecule has 4 heterocycles. The molecule has 2 N–H and O–H groups in total. The summed E-state index contributed by atoms with van der Waals surface area (Å²) in [5.41, 5.74) is 2.57. The summed E-state index contributed by atoms with van der Waals surface area (Å²) >= 11 is 0. The molecule has 3 aromatic rings. The van der Waals surface area contributed by atoms with Gasteiger partial charge in [0.25, 0.3) is 5.91 Å². The highest BCUT2D eigenvalue weighted by molar-refractivity contribution is 6.02. The first kappa shape index (κ1) is 11.9. The van der Waals surface area contributed by atoms with E-state index < -0.39 is 0 Å². The molecule has 8 heteroatoms. The van der Waals surface area contributed by atoms with E-state index in [1.165, 1.54) is 0 Å². The molecule has 0 saturated heterocycles. The Hall–Kier alpha value is -2.90. The number of aromatic amines is 2. The van der Waals surface area contributed by atoms with E-state index in [9.17, 15) is 4.79 Å². The minimum atomic E-state index is -0.161. The molecule has 106 valence electrons. The van der Waals surface area contributed by atoms with Crippen LogP contribution in [0.4, 0.5) is 0 Å². The van der Waals surface area contributed by atoms with Crippen molar-refractivity contribution >= 4 is 16.9 Å². The Kier molecular flexibility index (Phi) is 2.59. The van der Waals surface area contributed by atoms with Gasteiger partial charge in [-0.15, -0.1) is 0 Å². The summed E-state index contributed by atoms with van der Waals surface area (Å²) in [6.45, 7) is 1.39. The fourth-order valence-electron chi connectivity index (χ4n) is 2.43. The standard InChI is InChI=1S/C13H12N6O2/c20-13(12-11-9(16-18-12)6-15-17-11)19-3-4-21-10-1-2-14-5-8(10)7-19/h1-2,5-6H,3-4,7H2,(H,15,17)(H,16,18).